The minimum atomic E-state index is -1.75. The molecule has 2 rings (SSSR count). The molecule has 0 aromatic carbocycles. The van der Waals surface area contributed by atoms with Gasteiger partial charge in [-0.2, -0.15) is 0 Å². The zero-order valence-corrected chi connectivity index (χ0v) is 14.5. The van der Waals surface area contributed by atoms with Gasteiger partial charge in [0.15, 0.2) is 11.1 Å². The maximum atomic E-state index is 12.1. The molecule has 0 bridgehead atoms. The number of rotatable bonds is 7. The van der Waals surface area contributed by atoms with E-state index in [1.807, 2.05) is 26.8 Å². The van der Waals surface area contributed by atoms with Crippen LogP contribution in [0.4, 0.5) is 4.79 Å². The van der Waals surface area contributed by atoms with Crippen molar-refractivity contribution >= 4 is 17.2 Å². The quantitative estimate of drug-likeness (QED) is 0.710. The molecule has 6 nitrogen and oxygen atoms in total. The molecule has 0 saturated heterocycles. The van der Waals surface area contributed by atoms with Crippen LogP contribution in [0.5, 0.6) is 0 Å². The molecule has 1 heterocycles. The Balaban J connectivity index is 2.06. The van der Waals surface area contributed by atoms with Gasteiger partial charge in [0.2, 0.25) is 0 Å². The molecule has 1 unspecified atom stereocenters. The zero-order valence-electron chi connectivity index (χ0n) is 13.7. The number of ether oxygens (including phenoxy) is 1. The molecule has 7 heteroatoms. The van der Waals surface area contributed by atoms with Crippen LogP contribution in [-0.4, -0.2) is 27.7 Å². The van der Waals surface area contributed by atoms with Gasteiger partial charge in [0, 0.05) is 0 Å². The highest BCUT2D eigenvalue weighted by atomic mass is 32.2. The molecule has 0 N–H and O–H groups in total. The Morgan fingerprint density at radius 2 is 2.22 bits per heavy atom. The summed E-state index contributed by atoms with van der Waals surface area (Å²) in [7, 11) is 0. The predicted molar refractivity (Wildman–Crippen MR) is 84.8 cm³/mol. The Bertz CT molecular complexity index is 591. The average Bonchev–Trinajstić information content (AvgIpc) is 2.94. The normalized spacial score (nSPS) is 18.3. The molecular formula is C16H22NO5S-. The van der Waals surface area contributed by atoms with E-state index in [0.717, 1.165) is 16.9 Å². The van der Waals surface area contributed by atoms with Crippen molar-refractivity contribution in [1.82, 2.24) is 4.90 Å². The van der Waals surface area contributed by atoms with Gasteiger partial charge in [-0.1, -0.05) is 26.8 Å². The van der Waals surface area contributed by atoms with Gasteiger partial charge >= 0.3 is 0 Å². The summed E-state index contributed by atoms with van der Waals surface area (Å²) in [4.78, 5) is 12.4. The third-order valence-electron chi connectivity index (χ3n) is 4.07. The summed E-state index contributed by atoms with van der Waals surface area (Å²) < 4.78 is 22.8. The second kappa shape index (κ2) is 7.31. The van der Waals surface area contributed by atoms with Crippen LogP contribution in [0.2, 0.25) is 0 Å². The lowest BCUT2D eigenvalue weighted by molar-refractivity contribution is -0.262. The summed E-state index contributed by atoms with van der Waals surface area (Å²) >= 11 is -1.75. The fraction of sp³-hybridized carbons (Fsp3) is 0.562. The van der Waals surface area contributed by atoms with Crippen molar-refractivity contribution in [2.45, 2.75) is 40.0 Å². The monoisotopic (exact) mass is 340 g/mol. The lowest BCUT2D eigenvalue weighted by Crippen LogP contribution is -2.42. The number of hydrogen-bond donors (Lipinski definition) is 0. The summed E-state index contributed by atoms with van der Waals surface area (Å²) in [6.07, 6.45) is 5.81. The van der Waals surface area contributed by atoms with Crippen molar-refractivity contribution in [2.75, 3.05) is 12.5 Å². The van der Waals surface area contributed by atoms with Gasteiger partial charge in [-0.05, 0) is 36.3 Å². The van der Waals surface area contributed by atoms with E-state index < -0.39 is 17.2 Å². The molecule has 0 aromatic heterocycles. The Morgan fingerprint density at radius 1 is 1.48 bits per heavy atom. The summed E-state index contributed by atoms with van der Waals surface area (Å²) in [6.45, 7) is 6.32. The van der Waals surface area contributed by atoms with Gasteiger partial charge in [-0.25, -0.2) is 4.21 Å². The van der Waals surface area contributed by atoms with Crippen molar-refractivity contribution in [1.29, 1.82) is 0 Å². The minimum Gasteiger partial charge on any atom is -0.530 e. The Labute approximate surface area is 139 Å². The lowest BCUT2D eigenvalue weighted by atomic mass is 9.92. The van der Waals surface area contributed by atoms with Crippen molar-refractivity contribution in [3.63, 3.8) is 0 Å². The molecule has 1 atom stereocenters. The first-order chi connectivity index (χ1) is 10.8. The SMILES string of the molecule is CCC(C)(C)COS(=O)CN(C(=O)[O-])C1=C2OC=CC=C2CC1. The topological polar surface area (TPSA) is 78.9 Å². The highest BCUT2D eigenvalue weighted by molar-refractivity contribution is 7.80. The van der Waals surface area contributed by atoms with Crippen molar-refractivity contribution in [3.8, 4) is 0 Å². The summed E-state index contributed by atoms with van der Waals surface area (Å²) in [5.41, 5.74) is 1.31. The van der Waals surface area contributed by atoms with Crippen LogP contribution in [0.15, 0.2) is 35.4 Å². The molecule has 23 heavy (non-hydrogen) atoms. The standard InChI is InChI=1S/C16H23NO5S/c1-4-16(2,3)10-22-23(20)11-17(15(18)19)13-8-7-12-6-5-9-21-14(12)13/h5-6,9H,4,7-8,10-11H2,1-3H3,(H,18,19)/p-1. The third-order valence-corrected chi connectivity index (χ3v) is 4.92. The maximum absolute atomic E-state index is 12.1. The van der Waals surface area contributed by atoms with Crippen LogP contribution in [0.25, 0.3) is 0 Å². The van der Waals surface area contributed by atoms with Crippen LogP contribution in [0.3, 0.4) is 0 Å². The molecule has 0 radical (unpaired) electrons. The molecule has 0 saturated carbocycles. The van der Waals surface area contributed by atoms with Gasteiger partial charge in [0.05, 0.1) is 18.6 Å². The summed E-state index contributed by atoms with van der Waals surface area (Å²) in [5, 5.41) is 11.5. The van der Waals surface area contributed by atoms with Crippen LogP contribution in [0, 0.1) is 5.41 Å². The number of carboxylic acid groups (broad SMARTS) is 1. The molecule has 1 amide bonds. The second-order valence-electron chi connectivity index (χ2n) is 6.32. The summed E-state index contributed by atoms with van der Waals surface area (Å²) in [5.74, 6) is 0.240. The Kier molecular flexibility index (Phi) is 5.64. The highest BCUT2D eigenvalue weighted by Gasteiger charge is 2.28. The molecule has 2 aliphatic rings. The fourth-order valence-corrected chi connectivity index (χ4v) is 3.20. The molecule has 0 fully saturated rings. The van der Waals surface area contributed by atoms with Gasteiger partial charge in [-0.3, -0.25) is 4.18 Å². The number of amides is 1. The first-order valence-corrected chi connectivity index (χ1v) is 8.84. The van der Waals surface area contributed by atoms with E-state index in [0.29, 0.717) is 30.9 Å². The van der Waals surface area contributed by atoms with Crippen LogP contribution in [0.1, 0.15) is 40.0 Å². The number of nitrogens with zero attached hydrogens (tertiary/aromatic N) is 1. The van der Waals surface area contributed by atoms with Gasteiger partial charge in [0.25, 0.3) is 0 Å². The molecular weight excluding hydrogens is 318 g/mol. The van der Waals surface area contributed by atoms with E-state index in [1.165, 1.54) is 6.26 Å². The number of allylic oxidation sites excluding steroid dienone is 4. The molecule has 0 spiro atoms. The van der Waals surface area contributed by atoms with E-state index >= 15 is 0 Å². The van der Waals surface area contributed by atoms with E-state index in [4.69, 9.17) is 8.92 Å². The second-order valence-corrected chi connectivity index (χ2v) is 7.42. The van der Waals surface area contributed by atoms with Crippen LogP contribution >= 0.6 is 0 Å². The first-order valence-electron chi connectivity index (χ1n) is 7.60. The number of carbonyl (C=O) groups excluding carboxylic acids is 1. The average molecular weight is 340 g/mol. The zero-order chi connectivity index (χ0) is 17.0. The first kappa shape index (κ1) is 17.7. The molecule has 128 valence electrons. The van der Waals surface area contributed by atoms with Gasteiger partial charge in [0.1, 0.15) is 17.7 Å². The van der Waals surface area contributed by atoms with Crippen LogP contribution < -0.4 is 5.11 Å². The summed E-state index contributed by atoms with van der Waals surface area (Å²) in [6, 6.07) is 0. The van der Waals surface area contributed by atoms with Crippen molar-refractivity contribution < 1.29 is 23.0 Å². The molecule has 1 aliphatic carbocycles. The minimum absolute atomic E-state index is 0.107. The molecule has 1 aliphatic heterocycles. The smallest absolute Gasteiger partial charge is 0.176 e. The van der Waals surface area contributed by atoms with E-state index in [9.17, 15) is 14.1 Å². The Hall–Kier alpha value is -1.60. The highest BCUT2D eigenvalue weighted by Crippen LogP contribution is 2.36. The maximum Gasteiger partial charge on any atom is 0.176 e. The van der Waals surface area contributed by atoms with E-state index in [-0.39, 0.29) is 11.3 Å². The van der Waals surface area contributed by atoms with E-state index in [2.05, 4.69) is 0 Å². The van der Waals surface area contributed by atoms with Crippen molar-refractivity contribution in [2.24, 2.45) is 5.41 Å². The Morgan fingerprint density at radius 3 is 2.87 bits per heavy atom. The fourth-order valence-electron chi connectivity index (χ4n) is 2.20. The number of fused-ring (bicyclic) bond motifs is 1. The predicted octanol–water partition coefficient (Wildman–Crippen LogP) is 2.18. The van der Waals surface area contributed by atoms with Crippen LogP contribution in [-0.2, 0) is 20.0 Å². The largest absolute Gasteiger partial charge is 0.530 e. The van der Waals surface area contributed by atoms with Gasteiger partial charge < -0.3 is 19.5 Å². The number of hydrogen-bond acceptors (Lipinski definition) is 5. The lowest BCUT2D eigenvalue weighted by Gasteiger charge is -2.27. The third kappa shape index (κ3) is 4.45. The number of carbonyl (C=O) groups is 1. The van der Waals surface area contributed by atoms with Crippen molar-refractivity contribution in [3.05, 3.63) is 35.4 Å². The van der Waals surface area contributed by atoms with Gasteiger partial charge in [-0.15, -0.1) is 0 Å². The van der Waals surface area contributed by atoms with E-state index in [1.54, 1.807) is 6.08 Å². The molecule has 0 aromatic rings.